The number of hydrogen-bond acceptors (Lipinski definition) is 2. The summed E-state index contributed by atoms with van der Waals surface area (Å²) in [6.45, 7) is 0.174. The van der Waals surface area contributed by atoms with Gasteiger partial charge in [0.1, 0.15) is 16.5 Å². The van der Waals surface area contributed by atoms with Crippen LogP contribution in [0, 0.1) is 17.6 Å². The van der Waals surface area contributed by atoms with E-state index in [2.05, 4.69) is 4.72 Å². The zero-order valence-electron chi connectivity index (χ0n) is 10.1. The molecule has 0 aromatic heterocycles. The molecule has 0 amide bonds. The van der Waals surface area contributed by atoms with E-state index in [1.165, 1.54) is 0 Å². The average molecular weight is 310 g/mol. The third-order valence-electron chi connectivity index (χ3n) is 3.29. The summed E-state index contributed by atoms with van der Waals surface area (Å²) in [4.78, 5) is -0.544. The summed E-state index contributed by atoms with van der Waals surface area (Å²) in [6, 6.07) is 2.38. The van der Waals surface area contributed by atoms with E-state index in [0.717, 1.165) is 31.4 Å². The highest BCUT2D eigenvalue weighted by molar-refractivity contribution is 7.89. The van der Waals surface area contributed by atoms with Crippen molar-refractivity contribution in [2.24, 2.45) is 5.92 Å². The molecule has 0 heterocycles. The first-order chi connectivity index (χ1) is 8.90. The van der Waals surface area contributed by atoms with Crippen molar-refractivity contribution < 1.29 is 17.2 Å². The van der Waals surface area contributed by atoms with Gasteiger partial charge >= 0.3 is 0 Å². The molecule has 1 aromatic carbocycles. The van der Waals surface area contributed by atoms with Crippen LogP contribution in [0.3, 0.4) is 0 Å². The van der Waals surface area contributed by atoms with Gasteiger partial charge in [-0.3, -0.25) is 0 Å². The third-order valence-corrected chi connectivity index (χ3v) is 5.32. The van der Waals surface area contributed by atoms with Crippen LogP contribution >= 0.6 is 11.6 Å². The summed E-state index contributed by atoms with van der Waals surface area (Å²) < 4.78 is 52.3. The Morgan fingerprint density at radius 2 is 2.05 bits per heavy atom. The molecule has 1 saturated carbocycles. The van der Waals surface area contributed by atoms with Gasteiger partial charge in [0.2, 0.25) is 10.0 Å². The van der Waals surface area contributed by atoms with Crippen LogP contribution < -0.4 is 4.72 Å². The van der Waals surface area contributed by atoms with E-state index in [4.69, 9.17) is 11.6 Å². The lowest BCUT2D eigenvalue weighted by atomic mass is 10.1. The van der Waals surface area contributed by atoms with Gasteiger partial charge in [0, 0.05) is 18.0 Å². The maximum Gasteiger partial charge on any atom is 0.243 e. The largest absolute Gasteiger partial charge is 0.243 e. The van der Waals surface area contributed by atoms with Crippen molar-refractivity contribution in [3.63, 3.8) is 0 Å². The number of benzene rings is 1. The van der Waals surface area contributed by atoms with Gasteiger partial charge < -0.3 is 0 Å². The smallest absolute Gasteiger partial charge is 0.211 e. The molecule has 1 aliphatic rings. The fraction of sp³-hybridized carbons (Fsp3) is 0.500. The molecule has 106 valence electrons. The fourth-order valence-corrected chi connectivity index (χ4v) is 3.73. The molecule has 0 radical (unpaired) electrons. The van der Waals surface area contributed by atoms with Crippen LogP contribution in [0.25, 0.3) is 0 Å². The fourth-order valence-electron chi connectivity index (χ4n) is 2.21. The molecule has 0 spiro atoms. The standard InChI is InChI=1S/C12H14ClF2NO2S/c13-10-3-1-2-8(10)7-16-19(17,18)12-5-4-9(14)6-11(12)15/h4-6,8,10,16H,1-3,7H2. The van der Waals surface area contributed by atoms with Gasteiger partial charge in [0.25, 0.3) is 0 Å². The van der Waals surface area contributed by atoms with Gasteiger partial charge in [-0.25, -0.2) is 21.9 Å². The van der Waals surface area contributed by atoms with E-state index in [9.17, 15) is 17.2 Å². The highest BCUT2D eigenvalue weighted by atomic mass is 35.5. The second-order valence-corrected chi connectivity index (χ2v) is 6.93. The normalized spacial score (nSPS) is 23.7. The lowest BCUT2D eigenvalue weighted by Gasteiger charge is -2.14. The second-order valence-electron chi connectivity index (χ2n) is 4.63. The monoisotopic (exact) mass is 309 g/mol. The minimum atomic E-state index is -3.97. The van der Waals surface area contributed by atoms with Crippen LogP contribution in [0.5, 0.6) is 0 Å². The minimum absolute atomic E-state index is 0.0548. The van der Waals surface area contributed by atoms with E-state index >= 15 is 0 Å². The van der Waals surface area contributed by atoms with Crippen molar-refractivity contribution in [2.45, 2.75) is 29.5 Å². The van der Waals surface area contributed by atoms with Crippen molar-refractivity contribution in [1.29, 1.82) is 0 Å². The molecule has 7 heteroatoms. The van der Waals surface area contributed by atoms with Crippen LogP contribution in [-0.4, -0.2) is 20.3 Å². The SMILES string of the molecule is O=S(=O)(NCC1CCCC1Cl)c1ccc(F)cc1F. The van der Waals surface area contributed by atoms with Gasteiger partial charge in [-0.15, -0.1) is 11.6 Å². The van der Waals surface area contributed by atoms with Crippen LogP contribution in [0.4, 0.5) is 8.78 Å². The molecule has 1 aromatic rings. The number of halogens is 3. The summed E-state index contributed by atoms with van der Waals surface area (Å²) in [6.07, 6.45) is 2.67. The zero-order chi connectivity index (χ0) is 14.0. The predicted molar refractivity (Wildman–Crippen MR) is 68.5 cm³/mol. The molecule has 19 heavy (non-hydrogen) atoms. The molecular weight excluding hydrogens is 296 g/mol. The molecule has 1 fully saturated rings. The van der Waals surface area contributed by atoms with Gasteiger partial charge in [-0.1, -0.05) is 6.42 Å². The summed E-state index contributed by atoms with van der Waals surface area (Å²) in [5.74, 6) is -1.85. The number of rotatable bonds is 4. The molecule has 1 N–H and O–H groups in total. The Labute approximate surface area is 116 Å². The summed E-state index contributed by atoms with van der Waals surface area (Å²) >= 11 is 6.05. The van der Waals surface area contributed by atoms with Gasteiger partial charge in [-0.2, -0.15) is 0 Å². The van der Waals surface area contributed by atoms with Gasteiger partial charge in [-0.05, 0) is 30.9 Å². The van der Waals surface area contributed by atoms with E-state index in [-0.39, 0.29) is 17.8 Å². The van der Waals surface area contributed by atoms with Crippen LogP contribution in [0.2, 0.25) is 0 Å². The Kier molecular flexibility index (Phi) is 4.43. The van der Waals surface area contributed by atoms with Crippen molar-refractivity contribution >= 4 is 21.6 Å². The van der Waals surface area contributed by atoms with Crippen molar-refractivity contribution in [2.75, 3.05) is 6.54 Å². The molecule has 0 aliphatic heterocycles. The van der Waals surface area contributed by atoms with Crippen LogP contribution in [0.1, 0.15) is 19.3 Å². The molecule has 3 nitrogen and oxygen atoms in total. The Morgan fingerprint density at radius 3 is 2.63 bits per heavy atom. The Hall–Kier alpha value is -0.720. The first kappa shape index (κ1) is 14.7. The summed E-state index contributed by atoms with van der Waals surface area (Å²) in [5.41, 5.74) is 0. The van der Waals surface area contributed by atoms with Gasteiger partial charge in [0.05, 0.1) is 0 Å². The number of alkyl halides is 1. The van der Waals surface area contributed by atoms with Crippen LogP contribution in [-0.2, 0) is 10.0 Å². The molecule has 1 aliphatic carbocycles. The molecule has 2 unspecified atom stereocenters. The minimum Gasteiger partial charge on any atom is -0.211 e. The number of sulfonamides is 1. The molecule has 2 atom stereocenters. The molecule has 2 rings (SSSR count). The van der Waals surface area contributed by atoms with E-state index in [1.807, 2.05) is 0 Å². The Morgan fingerprint density at radius 1 is 1.32 bits per heavy atom. The molecule has 0 saturated heterocycles. The first-order valence-electron chi connectivity index (χ1n) is 5.99. The quantitative estimate of drug-likeness (QED) is 0.869. The summed E-state index contributed by atoms with van der Waals surface area (Å²) in [5, 5.41) is -0.0548. The van der Waals surface area contributed by atoms with E-state index in [1.54, 1.807) is 0 Å². The van der Waals surface area contributed by atoms with Crippen molar-refractivity contribution in [1.82, 2.24) is 4.72 Å². The Balaban J connectivity index is 2.09. The second kappa shape index (κ2) is 5.73. The lowest BCUT2D eigenvalue weighted by Crippen LogP contribution is -2.31. The maximum absolute atomic E-state index is 13.4. The molecular formula is C12H14ClF2NO2S. The molecule has 0 bridgehead atoms. The number of nitrogens with one attached hydrogen (secondary N) is 1. The maximum atomic E-state index is 13.4. The highest BCUT2D eigenvalue weighted by Crippen LogP contribution is 2.29. The predicted octanol–water partition coefficient (Wildman–Crippen LogP) is 2.65. The highest BCUT2D eigenvalue weighted by Gasteiger charge is 2.27. The van der Waals surface area contributed by atoms with E-state index < -0.39 is 26.6 Å². The van der Waals surface area contributed by atoms with Crippen molar-refractivity contribution in [3.8, 4) is 0 Å². The van der Waals surface area contributed by atoms with Crippen molar-refractivity contribution in [3.05, 3.63) is 29.8 Å². The van der Waals surface area contributed by atoms with Crippen LogP contribution in [0.15, 0.2) is 23.1 Å². The number of hydrogen-bond donors (Lipinski definition) is 1. The van der Waals surface area contributed by atoms with Gasteiger partial charge in [0.15, 0.2) is 0 Å². The zero-order valence-corrected chi connectivity index (χ0v) is 11.6. The summed E-state index contributed by atoms with van der Waals surface area (Å²) in [7, 11) is -3.97. The first-order valence-corrected chi connectivity index (χ1v) is 7.91. The average Bonchev–Trinajstić information content (AvgIpc) is 2.72. The lowest BCUT2D eigenvalue weighted by molar-refractivity contribution is 0.514. The van der Waals surface area contributed by atoms with E-state index in [0.29, 0.717) is 6.07 Å². The Bertz CT molecular complexity index is 565. The topological polar surface area (TPSA) is 46.2 Å². The third kappa shape index (κ3) is 3.43.